The lowest BCUT2D eigenvalue weighted by atomic mass is 10.1. The minimum atomic E-state index is -3.75. The summed E-state index contributed by atoms with van der Waals surface area (Å²) in [4.78, 5) is 9.95. The maximum atomic E-state index is 12.2. The van der Waals surface area contributed by atoms with Crippen LogP contribution in [-0.2, 0) is 16.4 Å². The van der Waals surface area contributed by atoms with Crippen molar-refractivity contribution < 1.29 is 18.4 Å². The van der Waals surface area contributed by atoms with E-state index in [2.05, 4.69) is 36.6 Å². The number of nitro groups is 1. The van der Waals surface area contributed by atoms with Crippen molar-refractivity contribution in [1.29, 1.82) is 0 Å². The zero-order chi connectivity index (χ0) is 17.9. The molecule has 0 amide bonds. The molecule has 2 aromatic rings. The van der Waals surface area contributed by atoms with Crippen LogP contribution in [0.5, 0.6) is 5.75 Å². The van der Waals surface area contributed by atoms with Crippen LogP contribution in [0.25, 0.3) is 0 Å². The van der Waals surface area contributed by atoms with Crippen LogP contribution in [-0.4, -0.2) is 25.0 Å². The van der Waals surface area contributed by atoms with E-state index in [4.69, 9.17) is 0 Å². The minimum absolute atomic E-state index is 0.0406. The fraction of sp³-hybridized carbons (Fsp3) is 0.143. The number of hydrogen-bond donors (Lipinski definition) is 2. The lowest BCUT2D eigenvalue weighted by molar-refractivity contribution is -0.384. The Morgan fingerprint density at radius 3 is 2.17 bits per heavy atom. The van der Waals surface area contributed by atoms with Gasteiger partial charge in [-0.1, -0.05) is 0 Å². The largest absolute Gasteiger partial charge is 0.506 e. The van der Waals surface area contributed by atoms with E-state index in [-0.39, 0.29) is 22.9 Å². The van der Waals surface area contributed by atoms with Crippen molar-refractivity contribution in [3.8, 4) is 5.75 Å². The molecule has 2 rings (SSSR count). The quantitative estimate of drug-likeness (QED) is 0.487. The molecule has 0 saturated carbocycles. The van der Waals surface area contributed by atoms with Crippen molar-refractivity contribution in [2.45, 2.75) is 11.3 Å². The fourth-order valence-corrected chi connectivity index (χ4v) is 4.24. The highest BCUT2D eigenvalue weighted by atomic mass is 79.9. The van der Waals surface area contributed by atoms with Gasteiger partial charge in [-0.15, -0.1) is 0 Å². The average molecular weight is 480 g/mol. The summed E-state index contributed by atoms with van der Waals surface area (Å²) >= 11 is 6.42. The van der Waals surface area contributed by atoms with Gasteiger partial charge in [0.05, 0.1) is 18.8 Å². The molecule has 0 atom stereocenters. The van der Waals surface area contributed by atoms with Gasteiger partial charge >= 0.3 is 0 Å². The van der Waals surface area contributed by atoms with Crippen LogP contribution in [0.3, 0.4) is 0 Å². The molecular weight excluding hydrogens is 468 g/mol. The monoisotopic (exact) mass is 478 g/mol. The minimum Gasteiger partial charge on any atom is -0.506 e. The number of sulfonamides is 1. The number of phenolic OH excluding ortho intramolecular Hbond substituents is 1. The first-order chi connectivity index (χ1) is 11.2. The highest BCUT2D eigenvalue weighted by Crippen LogP contribution is 2.33. The van der Waals surface area contributed by atoms with Gasteiger partial charge in [0, 0.05) is 18.7 Å². The van der Waals surface area contributed by atoms with Crippen LogP contribution in [0.15, 0.2) is 50.2 Å². The third-order valence-electron chi connectivity index (χ3n) is 3.14. The molecule has 0 aliphatic heterocycles. The van der Waals surface area contributed by atoms with Crippen LogP contribution in [0.2, 0.25) is 0 Å². The molecule has 7 nitrogen and oxygen atoms in total. The van der Waals surface area contributed by atoms with Gasteiger partial charge in [-0.3, -0.25) is 10.1 Å². The molecule has 0 aliphatic rings. The molecule has 0 bridgehead atoms. The van der Waals surface area contributed by atoms with E-state index in [0.29, 0.717) is 15.4 Å². The van der Waals surface area contributed by atoms with Crippen molar-refractivity contribution in [3.05, 3.63) is 61.0 Å². The number of phenols is 1. The molecule has 0 saturated heterocycles. The number of nitro benzene ring substituents is 1. The van der Waals surface area contributed by atoms with Crippen molar-refractivity contribution in [2.75, 3.05) is 6.54 Å². The van der Waals surface area contributed by atoms with Gasteiger partial charge in [0.2, 0.25) is 10.0 Å². The first-order valence-electron chi connectivity index (χ1n) is 6.62. The van der Waals surface area contributed by atoms with E-state index in [0.717, 1.165) is 17.7 Å². The molecule has 0 aliphatic carbocycles. The van der Waals surface area contributed by atoms with Gasteiger partial charge in [-0.2, -0.15) is 0 Å². The fourth-order valence-electron chi connectivity index (χ4n) is 1.92. The van der Waals surface area contributed by atoms with Gasteiger partial charge in [0.15, 0.2) is 0 Å². The molecule has 0 heterocycles. The van der Waals surface area contributed by atoms with E-state index >= 15 is 0 Å². The summed E-state index contributed by atoms with van der Waals surface area (Å²) in [7, 11) is -3.75. The molecule has 0 radical (unpaired) electrons. The Bertz CT molecular complexity index is 846. The summed E-state index contributed by atoms with van der Waals surface area (Å²) in [6, 6.07) is 8.05. The third kappa shape index (κ3) is 4.53. The standard InChI is InChI=1S/C14H12Br2N2O5S/c15-12-7-9(8-13(16)14(12)19)5-6-17-24(22,23)11-3-1-10(2-4-11)18(20)21/h1-4,7-8,17,19H,5-6H2. The molecule has 24 heavy (non-hydrogen) atoms. The Kier molecular flexibility index (Phi) is 5.97. The molecule has 10 heteroatoms. The number of nitrogens with zero attached hydrogens (tertiary/aromatic N) is 1. The summed E-state index contributed by atoms with van der Waals surface area (Å²) in [6.07, 6.45) is 0.406. The average Bonchev–Trinajstić information content (AvgIpc) is 2.52. The van der Waals surface area contributed by atoms with Gasteiger partial charge in [0.1, 0.15) is 5.75 Å². The number of hydrogen-bond acceptors (Lipinski definition) is 5. The van der Waals surface area contributed by atoms with Gasteiger partial charge in [-0.05, 0) is 68.1 Å². The maximum absolute atomic E-state index is 12.2. The zero-order valence-corrected chi connectivity index (χ0v) is 16.1. The molecule has 2 aromatic carbocycles. The second kappa shape index (κ2) is 7.60. The number of aromatic hydroxyl groups is 1. The predicted octanol–water partition coefficient (Wildman–Crippen LogP) is 3.35. The summed E-state index contributed by atoms with van der Waals surface area (Å²) in [5.74, 6) is 0.0743. The predicted molar refractivity (Wildman–Crippen MR) is 95.5 cm³/mol. The van der Waals surface area contributed by atoms with E-state index < -0.39 is 14.9 Å². The molecule has 0 spiro atoms. The number of halogens is 2. The van der Waals surface area contributed by atoms with Gasteiger partial charge in [0.25, 0.3) is 5.69 Å². The number of non-ortho nitro benzene ring substituents is 1. The smallest absolute Gasteiger partial charge is 0.269 e. The summed E-state index contributed by atoms with van der Waals surface area (Å²) in [5, 5.41) is 20.2. The molecule has 0 fully saturated rings. The normalized spacial score (nSPS) is 11.4. The van der Waals surface area contributed by atoms with Gasteiger partial charge in [-0.25, -0.2) is 13.1 Å². The Morgan fingerprint density at radius 2 is 1.67 bits per heavy atom. The first-order valence-corrected chi connectivity index (χ1v) is 9.68. The van der Waals surface area contributed by atoms with Crippen molar-refractivity contribution in [2.24, 2.45) is 0 Å². The SMILES string of the molecule is O=[N+]([O-])c1ccc(S(=O)(=O)NCCc2cc(Br)c(O)c(Br)c2)cc1. The molecule has 2 N–H and O–H groups in total. The first kappa shape index (κ1) is 18.8. The second-order valence-corrected chi connectivity index (χ2v) is 8.28. The third-order valence-corrected chi connectivity index (χ3v) is 5.83. The second-order valence-electron chi connectivity index (χ2n) is 4.81. The summed E-state index contributed by atoms with van der Waals surface area (Å²) < 4.78 is 27.7. The van der Waals surface area contributed by atoms with Crippen molar-refractivity contribution in [3.63, 3.8) is 0 Å². The lowest BCUT2D eigenvalue weighted by Gasteiger charge is -2.08. The Hall–Kier alpha value is -1.49. The number of rotatable bonds is 6. The van der Waals surface area contributed by atoms with Crippen LogP contribution >= 0.6 is 31.9 Å². The van der Waals surface area contributed by atoms with Gasteiger partial charge < -0.3 is 5.11 Å². The summed E-state index contributed by atoms with van der Waals surface area (Å²) in [5.41, 5.74) is 0.644. The molecule has 128 valence electrons. The van der Waals surface area contributed by atoms with E-state index in [1.807, 2.05) is 0 Å². The van der Waals surface area contributed by atoms with Crippen LogP contribution in [0, 0.1) is 10.1 Å². The van der Waals surface area contributed by atoms with Crippen LogP contribution < -0.4 is 4.72 Å². The Labute approximate surface area is 155 Å². The van der Waals surface area contributed by atoms with E-state index in [9.17, 15) is 23.6 Å². The van der Waals surface area contributed by atoms with E-state index in [1.54, 1.807) is 12.1 Å². The van der Waals surface area contributed by atoms with Crippen molar-refractivity contribution >= 4 is 47.6 Å². The number of benzene rings is 2. The zero-order valence-electron chi connectivity index (χ0n) is 12.1. The molecule has 0 aromatic heterocycles. The number of nitrogens with one attached hydrogen (secondary N) is 1. The Morgan fingerprint density at radius 1 is 1.12 bits per heavy atom. The highest BCUT2D eigenvalue weighted by molar-refractivity contribution is 9.11. The Balaban J connectivity index is 2.04. The van der Waals surface area contributed by atoms with Crippen LogP contribution in [0.4, 0.5) is 5.69 Å². The van der Waals surface area contributed by atoms with E-state index in [1.165, 1.54) is 12.1 Å². The summed E-state index contributed by atoms with van der Waals surface area (Å²) in [6.45, 7) is 0.142. The molecular formula is C14H12Br2N2O5S. The maximum Gasteiger partial charge on any atom is 0.269 e. The highest BCUT2D eigenvalue weighted by Gasteiger charge is 2.15. The lowest BCUT2D eigenvalue weighted by Crippen LogP contribution is -2.26. The topological polar surface area (TPSA) is 110 Å². The van der Waals surface area contributed by atoms with Crippen molar-refractivity contribution in [1.82, 2.24) is 4.72 Å². The molecule has 0 unspecified atom stereocenters. The van der Waals surface area contributed by atoms with Crippen LogP contribution in [0.1, 0.15) is 5.56 Å².